The van der Waals surface area contributed by atoms with E-state index in [4.69, 9.17) is 0 Å². The van der Waals surface area contributed by atoms with Crippen molar-refractivity contribution in [2.75, 3.05) is 7.05 Å². The van der Waals surface area contributed by atoms with Crippen LogP contribution in [0.4, 0.5) is 4.39 Å². The summed E-state index contributed by atoms with van der Waals surface area (Å²) in [6.45, 7) is 0.362. The Kier molecular flexibility index (Phi) is 4.34. The summed E-state index contributed by atoms with van der Waals surface area (Å²) >= 11 is 1.52. The second-order valence-corrected chi connectivity index (χ2v) is 7.33. The van der Waals surface area contributed by atoms with Gasteiger partial charge in [-0.2, -0.15) is 4.31 Å². The Morgan fingerprint density at radius 1 is 1.21 bits per heavy atom. The number of nitrogens with zero attached hydrogens (tertiary/aromatic N) is 1. The minimum absolute atomic E-state index is 0.116. The number of hydrogen-bond acceptors (Lipinski definition) is 3. The third-order valence-electron chi connectivity index (χ3n) is 2.70. The zero-order valence-electron chi connectivity index (χ0n) is 10.4. The second-order valence-electron chi connectivity index (χ2n) is 4.22. The summed E-state index contributed by atoms with van der Waals surface area (Å²) in [6.07, 6.45) is 0. The fourth-order valence-electron chi connectivity index (χ4n) is 1.62. The highest BCUT2D eigenvalue weighted by Gasteiger charge is 2.19. The largest absolute Gasteiger partial charge is 0.218 e. The first kappa shape index (κ1) is 14.2. The van der Waals surface area contributed by atoms with Gasteiger partial charge >= 0.3 is 0 Å². The van der Waals surface area contributed by atoms with E-state index in [9.17, 15) is 12.8 Å². The van der Waals surface area contributed by atoms with Crippen LogP contribution in [-0.4, -0.2) is 19.8 Å². The van der Waals surface area contributed by atoms with Crippen molar-refractivity contribution >= 4 is 21.4 Å². The van der Waals surface area contributed by atoms with E-state index in [0.717, 1.165) is 4.88 Å². The molecule has 1 aromatic carbocycles. The monoisotopic (exact) mass is 299 g/mol. The highest BCUT2D eigenvalue weighted by Crippen LogP contribution is 2.16. The minimum Gasteiger partial charge on any atom is -0.212 e. The average Bonchev–Trinajstić information content (AvgIpc) is 2.84. The Labute approximate surface area is 116 Å². The predicted molar refractivity (Wildman–Crippen MR) is 74.8 cm³/mol. The normalized spacial score (nSPS) is 11.9. The molecule has 2 aromatic rings. The van der Waals surface area contributed by atoms with Crippen molar-refractivity contribution in [3.8, 4) is 0 Å². The van der Waals surface area contributed by atoms with Gasteiger partial charge in [0.05, 0.1) is 5.75 Å². The van der Waals surface area contributed by atoms with Gasteiger partial charge in [0.2, 0.25) is 10.0 Å². The van der Waals surface area contributed by atoms with E-state index in [1.807, 2.05) is 17.5 Å². The molecule has 0 fully saturated rings. The van der Waals surface area contributed by atoms with Crippen LogP contribution in [0.5, 0.6) is 0 Å². The lowest BCUT2D eigenvalue weighted by molar-refractivity contribution is 0.469. The number of rotatable bonds is 5. The molecule has 102 valence electrons. The molecule has 3 nitrogen and oxygen atoms in total. The molecule has 1 heterocycles. The second kappa shape index (κ2) is 5.81. The van der Waals surface area contributed by atoms with E-state index in [-0.39, 0.29) is 11.6 Å². The first-order valence-electron chi connectivity index (χ1n) is 5.68. The fourth-order valence-corrected chi connectivity index (χ4v) is 3.63. The van der Waals surface area contributed by atoms with Gasteiger partial charge in [-0.25, -0.2) is 12.8 Å². The summed E-state index contributed by atoms with van der Waals surface area (Å²) in [5, 5.41) is 1.91. The summed E-state index contributed by atoms with van der Waals surface area (Å²) < 4.78 is 38.4. The van der Waals surface area contributed by atoms with Gasteiger partial charge < -0.3 is 0 Å². The molecule has 0 radical (unpaired) electrons. The number of benzene rings is 1. The lowest BCUT2D eigenvalue weighted by Gasteiger charge is -2.16. The number of halogens is 1. The van der Waals surface area contributed by atoms with E-state index in [1.54, 1.807) is 7.05 Å². The van der Waals surface area contributed by atoms with Gasteiger partial charge in [0.15, 0.2) is 0 Å². The molecule has 0 spiro atoms. The van der Waals surface area contributed by atoms with Crippen molar-refractivity contribution in [3.05, 3.63) is 58.0 Å². The van der Waals surface area contributed by atoms with Crippen LogP contribution in [0.3, 0.4) is 0 Å². The summed E-state index contributed by atoms with van der Waals surface area (Å²) in [5.74, 6) is -0.483. The van der Waals surface area contributed by atoms with Crippen LogP contribution in [0.25, 0.3) is 0 Å². The van der Waals surface area contributed by atoms with Crippen LogP contribution >= 0.6 is 11.3 Å². The van der Waals surface area contributed by atoms with Gasteiger partial charge in [0.1, 0.15) is 5.82 Å². The molecule has 0 unspecified atom stereocenters. The fraction of sp³-hybridized carbons (Fsp3) is 0.231. The zero-order chi connectivity index (χ0) is 13.9. The van der Waals surface area contributed by atoms with Gasteiger partial charge in [-0.1, -0.05) is 18.2 Å². The molecular weight excluding hydrogens is 285 g/mol. The van der Waals surface area contributed by atoms with Gasteiger partial charge in [-0.05, 0) is 29.1 Å². The van der Waals surface area contributed by atoms with Crippen molar-refractivity contribution in [3.63, 3.8) is 0 Å². The highest BCUT2D eigenvalue weighted by molar-refractivity contribution is 7.88. The Morgan fingerprint density at radius 2 is 1.89 bits per heavy atom. The third kappa shape index (κ3) is 3.86. The molecule has 2 rings (SSSR count). The van der Waals surface area contributed by atoms with Crippen molar-refractivity contribution in [2.45, 2.75) is 12.3 Å². The minimum atomic E-state index is -3.38. The third-order valence-corrected chi connectivity index (χ3v) is 5.33. The number of hydrogen-bond donors (Lipinski definition) is 0. The number of sulfonamides is 1. The average molecular weight is 299 g/mol. The van der Waals surface area contributed by atoms with Crippen molar-refractivity contribution in [2.24, 2.45) is 0 Å². The standard InChI is InChI=1S/C13H14FNO2S2/c1-15(9-13-3-2-8-18-13)19(16,17)10-11-4-6-12(14)7-5-11/h2-8H,9-10H2,1H3. The molecule has 6 heteroatoms. The first-order valence-corrected chi connectivity index (χ1v) is 8.17. The maximum Gasteiger partial charge on any atom is 0.218 e. The van der Waals surface area contributed by atoms with E-state index in [2.05, 4.69) is 0 Å². The van der Waals surface area contributed by atoms with Crippen LogP contribution in [-0.2, 0) is 22.3 Å². The van der Waals surface area contributed by atoms with Gasteiger partial charge in [0.25, 0.3) is 0 Å². The Morgan fingerprint density at radius 3 is 2.47 bits per heavy atom. The van der Waals surface area contributed by atoms with E-state index < -0.39 is 10.0 Å². The maximum absolute atomic E-state index is 12.8. The molecule has 0 amide bonds. The van der Waals surface area contributed by atoms with Gasteiger partial charge in [-0.3, -0.25) is 0 Å². The van der Waals surface area contributed by atoms with Crippen LogP contribution in [0.2, 0.25) is 0 Å². The summed E-state index contributed by atoms with van der Waals surface area (Å²) in [6, 6.07) is 9.31. The van der Waals surface area contributed by atoms with E-state index >= 15 is 0 Å². The van der Waals surface area contributed by atoms with Crippen LogP contribution in [0.1, 0.15) is 10.4 Å². The van der Waals surface area contributed by atoms with Crippen LogP contribution in [0.15, 0.2) is 41.8 Å². The summed E-state index contributed by atoms with van der Waals surface area (Å²) in [5.41, 5.74) is 0.583. The Balaban J connectivity index is 2.07. The smallest absolute Gasteiger partial charge is 0.212 e. The molecule has 0 atom stereocenters. The molecule has 0 saturated heterocycles. The molecule has 0 aliphatic rings. The lowest BCUT2D eigenvalue weighted by atomic mass is 10.2. The molecular formula is C13H14FNO2S2. The molecule has 19 heavy (non-hydrogen) atoms. The quantitative estimate of drug-likeness (QED) is 0.851. The molecule has 0 aliphatic heterocycles. The Bertz CT molecular complexity index is 621. The summed E-state index contributed by atoms with van der Waals surface area (Å²) in [4.78, 5) is 0.991. The summed E-state index contributed by atoms with van der Waals surface area (Å²) in [7, 11) is -1.83. The number of thiophene rings is 1. The predicted octanol–water partition coefficient (Wildman–Crippen LogP) is 2.85. The van der Waals surface area contributed by atoms with E-state index in [0.29, 0.717) is 12.1 Å². The van der Waals surface area contributed by atoms with E-state index in [1.165, 1.54) is 39.9 Å². The lowest BCUT2D eigenvalue weighted by Crippen LogP contribution is -2.27. The van der Waals surface area contributed by atoms with Crippen LogP contribution in [0, 0.1) is 5.82 Å². The maximum atomic E-state index is 12.8. The topological polar surface area (TPSA) is 37.4 Å². The SMILES string of the molecule is CN(Cc1cccs1)S(=O)(=O)Cc1ccc(F)cc1. The molecule has 0 bridgehead atoms. The Hall–Kier alpha value is -1.24. The van der Waals surface area contributed by atoms with Crippen molar-refractivity contribution in [1.29, 1.82) is 0 Å². The van der Waals surface area contributed by atoms with Crippen LogP contribution < -0.4 is 0 Å². The highest BCUT2D eigenvalue weighted by atomic mass is 32.2. The first-order chi connectivity index (χ1) is 8.97. The zero-order valence-corrected chi connectivity index (χ0v) is 12.0. The van der Waals surface area contributed by atoms with Gasteiger partial charge in [-0.15, -0.1) is 11.3 Å². The van der Waals surface area contributed by atoms with Crippen molar-refractivity contribution in [1.82, 2.24) is 4.31 Å². The van der Waals surface area contributed by atoms with Gasteiger partial charge in [0, 0.05) is 18.5 Å². The van der Waals surface area contributed by atoms with Crippen molar-refractivity contribution < 1.29 is 12.8 Å². The molecule has 0 saturated carbocycles. The molecule has 0 aliphatic carbocycles. The molecule has 1 aromatic heterocycles. The molecule has 0 N–H and O–H groups in total.